The molecule has 0 bridgehead atoms. The van der Waals surface area contributed by atoms with E-state index >= 15 is 4.39 Å². The highest BCUT2D eigenvalue weighted by Crippen LogP contribution is 2.34. The van der Waals surface area contributed by atoms with Crippen LogP contribution >= 0.6 is 0 Å². The Morgan fingerprint density at radius 2 is 1.86 bits per heavy atom. The van der Waals surface area contributed by atoms with Crippen LogP contribution in [0.3, 0.4) is 0 Å². The lowest BCUT2D eigenvalue weighted by molar-refractivity contribution is -0.127. The minimum absolute atomic E-state index is 0.000396. The third-order valence-corrected chi connectivity index (χ3v) is 5.39. The van der Waals surface area contributed by atoms with E-state index < -0.39 is 24.0 Å². The molecule has 0 unspecified atom stereocenters. The van der Waals surface area contributed by atoms with Gasteiger partial charge in [0, 0.05) is 43.4 Å². The molecule has 1 saturated heterocycles. The number of halogens is 4. The van der Waals surface area contributed by atoms with E-state index in [9.17, 15) is 18.3 Å². The number of aliphatic hydroxyl groups is 1. The molecule has 0 radical (unpaired) electrons. The Hall–Kier alpha value is -3.25. The number of pyridine rings is 2. The smallest absolute Gasteiger partial charge is 0.394 e. The second-order valence-corrected chi connectivity index (χ2v) is 8.74. The summed E-state index contributed by atoms with van der Waals surface area (Å²) in [7, 11) is 0. The van der Waals surface area contributed by atoms with E-state index in [1.54, 1.807) is 26.0 Å². The number of nitrogens with one attached hydrogen (secondary N) is 1. The highest BCUT2D eigenvalue weighted by atomic mass is 19.4. The van der Waals surface area contributed by atoms with E-state index in [2.05, 4.69) is 20.4 Å². The van der Waals surface area contributed by atoms with Gasteiger partial charge in [-0.3, -0.25) is 4.98 Å². The van der Waals surface area contributed by atoms with Gasteiger partial charge in [-0.25, -0.2) is 9.67 Å². The Bertz CT molecular complexity index is 1170. The average molecular weight is 495 g/mol. The molecule has 12 heteroatoms. The van der Waals surface area contributed by atoms with E-state index in [-0.39, 0.29) is 29.2 Å². The van der Waals surface area contributed by atoms with Crippen molar-refractivity contribution in [2.45, 2.75) is 50.9 Å². The summed E-state index contributed by atoms with van der Waals surface area (Å²) in [6, 6.07) is 5.35. The predicted molar refractivity (Wildman–Crippen MR) is 118 cm³/mol. The lowest BCUT2D eigenvalue weighted by Crippen LogP contribution is -2.21. The molecule has 1 aliphatic rings. The van der Waals surface area contributed by atoms with Crippen LogP contribution in [0.4, 0.5) is 29.1 Å². The summed E-state index contributed by atoms with van der Waals surface area (Å²) in [6.45, 7) is 4.02. The van der Waals surface area contributed by atoms with Crippen LogP contribution in [0.15, 0.2) is 36.7 Å². The van der Waals surface area contributed by atoms with Crippen molar-refractivity contribution < 1.29 is 32.1 Å². The normalized spacial score (nSPS) is 15.3. The molecular formula is C23H25F4N5O3. The first-order chi connectivity index (χ1) is 16.5. The first-order valence-corrected chi connectivity index (χ1v) is 11.0. The summed E-state index contributed by atoms with van der Waals surface area (Å²) < 4.78 is 66.6. The molecule has 0 amide bonds. The molecule has 3 aromatic rings. The van der Waals surface area contributed by atoms with Crippen molar-refractivity contribution in [3.8, 4) is 11.6 Å². The number of hydrogen-bond acceptors (Lipinski definition) is 7. The third kappa shape index (κ3) is 6.25. The Morgan fingerprint density at radius 3 is 2.54 bits per heavy atom. The zero-order chi connectivity index (χ0) is 25.2. The summed E-state index contributed by atoms with van der Waals surface area (Å²) in [5.41, 5.74) is -0.623. The molecule has 1 aliphatic heterocycles. The van der Waals surface area contributed by atoms with E-state index in [4.69, 9.17) is 9.47 Å². The van der Waals surface area contributed by atoms with Crippen LogP contribution in [0, 0.1) is 5.82 Å². The van der Waals surface area contributed by atoms with Crippen molar-refractivity contribution in [1.29, 1.82) is 0 Å². The minimum atomic E-state index is -4.45. The van der Waals surface area contributed by atoms with Crippen molar-refractivity contribution >= 4 is 11.5 Å². The highest BCUT2D eigenvalue weighted by molar-refractivity contribution is 5.58. The monoisotopic (exact) mass is 495 g/mol. The number of hydrogen-bond donors (Lipinski definition) is 2. The lowest BCUT2D eigenvalue weighted by atomic mass is 10.0. The maximum Gasteiger partial charge on any atom is 0.394 e. The zero-order valence-corrected chi connectivity index (χ0v) is 19.1. The van der Waals surface area contributed by atoms with Crippen LogP contribution in [0.1, 0.15) is 44.1 Å². The minimum Gasteiger partial charge on any atom is -0.436 e. The Morgan fingerprint density at radius 1 is 1.14 bits per heavy atom. The molecule has 0 aliphatic carbocycles. The molecule has 3 aromatic heterocycles. The molecule has 0 atom stereocenters. The number of rotatable bonds is 7. The fraction of sp³-hybridized carbons (Fsp3) is 0.435. The third-order valence-electron chi connectivity index (χ3n) is 5.39. The van der Waals surface area contributed by atoms with Gasteiger partial charge in [-0.1, -0.05) is 0 Å². The number of ether oxygens (including phenoxy) is 2. The van der Waals surface area contributed by atoms with Crippen molar-refractivity contribution in [2.75, 3.05) is 18.5 Å². The summed E-state index contributed by atoms with van der Waals surface area (Å²) in [5.74, 6) is -1.24. The van der Waals surface area contributed by atoms with Gasteiger partial charge in [0.15, 0.2) is 11.6 Å². The van der Waals surface area contributed by atoms with Gasteiger partial charge < -0.3 is 19.9 Å². The molecule has 35 heavy (non-hydrogen) atoms. The van der Waals surface area contributed by atoms with Crippen molar-refractivity contribution in [3.05, 3.63) is 53.9 Å². The second-order valence-electron chi connectivity index (χ2n) is 8.74. The van der Waals surface area contributed by atoms with E-state index in [0.29, 0.717) is 37.4 Å². The van der Waals surface area contributed by atoms with E-state index in [0.717, 1.165) is 0 Å². The Kier molecular flexibility index (Phi) is 6.95. The average Bonchev–Trinajstić information content (AvgIpc) is 3.17. The van der Waals surface area contributed by atoms with Crippen LogP contribution in [0.5, 0.6) is 11.6 Å². The zero-order valence-electron chi connectivity index (χ0n) is 19.1. The van der Waals surface area contributed by atoms with Crippen molar-refractivity contribution in [2.24, 2.45) is 0 Å². The van der Waals surface area contributed by atoms with Gasteiger partial charge in [0.25, 0.3) is 0 Å². The van der Waals surface area contributed by atoms with Crippen LogP contribution in [-0.2, 0) is 16.8 Å². The summed E-state index contributed by atoms with van der Waals surface area (Å²) in [6.07, 6.45) is -1.82. The first-order valence-electron chi connectivity index (χ1n) is 11.0. The van der Waals surface area contributed by atoms with Crippen molar-refractivity contribution in [1.82, 2.24) is 19.7 Å². The first kappa shape index (κ1) is 24.9. The fourth-order valence-corrected chi connectivity index (χ4v) is 3.67. The quantitative estimate of drug-likeness (QED) is 0.444. The summed E-state index contributed by atoms with van der Waals surface area (Å²) in [4.78, 5) is 8.10. The summed E-state index contributed by atoms with van der Waals surface area (Å²) in [5, 5.41) is 17.1. The van der Waals surface area contributed by atoms with Crippen LogP contribution in [0.25, 0.3) is 0 Å². The van der Waals surface area contributed by atoms with E-state index in [1.165, 1.54) is 29.2 Å². The van der Waals surface area contributed by atoms with Gasteiger partial charge in [-0.15, -0.1) is 0 Å². The molecule has 0 spiro atoms. The van der Waals surface area contributed by atoms with Crippen LogP contribution in [-0.4, -0.2) is 44.2 Å². The molecule has 1 fully saturated rings. The molecule has 2 N–H and O–H groups in total. The van der Waals surface area contributed by atoms with Crippen LogP contribution in [0.2, 0.25) is 0 Å². The maximum atomic E-state index is 15.3. The number of anilines is 2. The highest BCUT2D eigenvalue weighted by Gasteiger charge is 2.31. The van der Waals surface area contributed by atoms with Gasteiger partial charge in [-0.2, -0.15) is 22.7 Å². The molecule has 0 aromatic carbocycles. The molecule has 4 rings (SSSR count). The van der Waals surface area contributed by atoms with Crippen LogP contribution < -0.4 is 10.1 Å². The van der Waals surface area contributed by atoms with Gasteiger partial charge in [0.05, 0.1) is 23.9 Å². The number of alkyl halides is 3. The van der Waals surface area contributed by atoms with Gasteiger partial charge in [0.2, 0.25) is 11.7 Å². The predicted octanol–water partition coefficient (Wildman–Crippen LogP) is 5.03. The SMILES string of the molecule is CC(C)(O)c1cc(Nc2nccc(Oc3cc(CC(F)(F)F)nn3C3CCOCC3)c2F)ccn1. The Labute approximate surface area is 198 Å². The maximum absolute atomic E-state index is 15.3. The second kappa shape index (κ2) is 9.78. The fourth-order valence-electron chi connectivity index (χ4n) is 3.67. The Balaban J connectivity index is 1.61. The molecule has 0 saturated carbocycles. The standard InChI is InChI=1S/C23H25F4N5O3/c1-22(2,33)18-11-14(3-7-28-18)30-21-20(24)17(4-8-29-21)35-19-12-15(13-23(25,26)27)31-32(19)16-5-9-34-10-6-16/h3-4,7-8,11-12,16,33H,5-6,9-10,13H2,1-2H3,(H,28,29,30). The van der Waals surface area contributed by atoms with Gasteiger partial charge in [0.1, 0.15) is 5.60 Å². The topological polar surface area (TPSA) is 94.3 Å². The number of nitrogens with zero attached hydrogens (tertiary/aromatic N) is 4. The lowest BCUT2D eigenvalue weighted by Gasteiger charge is -2.24. The molecule has 8 nitrogen and oxygen atoms in total. The number of aromatic nitrogens is 4. The van der Waals surface area contributed by atoms with Gasteiger partial charge in [-0.05, 0) is 38.8 Å². The molecule has 4 heterocycles. The largest absolute Gasteiger partial charge is 0.436 e. The van der Waals surface area contributed by atoms with Crippen molar-refractivity contribution in [3.63, 3.8) is 0 Å². The molecule has 188 valence electrons. The molecular weight excluding hydrogens is 470 g/mol. The van der Waals surface area contributed by atoms with Gasteiger partial charge >= 0.3 is 6.18 Å². The van der Waals surface area contributed by atoms with E-state index in [1.807, 2.05) is 0 Å². The summed E-state index contributed by atoms with van der Waals surface area (Å²) >= 11 is 0.